The number of hydrogen-bond acceptors (Lipinski definition) is 4. The molecule has 0 radical (unpaired) electrons. The van der Waals surface area contributed by atoms with Crippen LogP contribution in [0.4, 0.5) is 4.79 Å². The molecule has 1 unspecified atom stereocenters. The Labute approximate surface area is 171 Å². The van der Waals surface area contributed by atoms with Crippen LogP contribution >= 0.6 is 11.8 Å². The van der Waals surface area contributed by atoms with Gasteiger partial charge in [0, 0.05) is 10.7 Å². The molecule has 148 valence electrons. The lowest BCUT2D eigenvalue weighted by molar-refractivity contribution is -0.407. The van der Waals surface area contributed by atoms with Crippen molar-refractivity contribution in [2.24, 2.45) is 16.8 Å². The molecule has 28 heavy (non-hydrogen) atoms. The molecular formula is C22H28N3O2S+. The molecule has 6 heteroatoms. The number of urea groups is 1. The van der Waals surface area contributed by atoms with E-state index in [-0.39, 0.29) is 11.9 Å². The first-order valence-corrected chi connectivity index (χ1v) is 10.6. The number of carbonyl (C=O) groups excluding carboxylic acids is 2. The Kier molecular flexibility index (Phi) is 5.89. The number of aliphatic imine (C=N–C) groups is 1. The number of amidine groups is 1. The molecule has 2 aliphatic rings. The van der Waals surface area contributed by atoms with Gasteiger partial charge in [0.2, 0.25) is 0 Å². The molecule has 1 aromatic carbocycles. The number of nitrogens with zero attached hydrogens (tertiary/aromatic N) is 3. The highest BCUT2D eigenvalue weighted by Crippen LogP contribution is 2.38. The fourth-order valence-corrected chi connectivity index (χ4v) is 4.90. The lowest BCUT2D eigenvalue weighted by Gasteiger charge is -2.28. The first kappa shape index (κ1) is 20.5. The maximum atomic E-state index is 13.0. The summed E-state index contributed by atoms with van der Waals surface area (Å²) in [5, 5.41) is 0. The summed E-state index contributed by atoms with van der Waals surface area (Å²) in [7, 11) is 3.23. The zero-order valence-corrected chi connectivity index (χ0v) is 18.3. The minimum Gasteiger partial charge on any atom is -0.255 e. The molecule has 3 rings (SSSR count). The van der Waals surface area contributed by atoms with E-state index in [0.717, 1.165) is 22.7 Å². The monoisotopic (exact) mass is 398 g/mol. The number of dihydropyridines is 1. The van der Waals surface area contributed by atoms with E-state index in [9.17, 15) is 9.59 Å². The third kappa shape index (κ3) is 3.83. The number of fused-ring (bicyclic) bond motifs is 1. The number of imide groups is 1. The van der Waals surface area contributed by atoms with Gasteiger partial charge >= 0.3 is 11.9 Å². The van der Waals surface area contributed by atoms with E-state index in [4.69, 9.17) is 0 Å². The van der Waals surface area contributed by atoms with Crippen LogP contribution in [0.2, 0.25) is 0 Å². The molecule has 0 saturated heterocycles. The Morgan fingerprint density at radius 2 is 1.96 bits per heavy atom. The molecule has 0 N–H and O–H groups in total. The summed E-state index contributed by atoms with van der Waals surface area (Å²) in [5.74, 6) is 1.08. The van der Waals surface area contributed by atoms with Gasteiger partial charge in [0.15, 0.2) is 5.92 Å². The lowest BCUT2D eigenvalue weighted by atomic mass is 9.94. The van der Waals surface area contributed by atoms with Gasteiger partial charge in [0.05, 0.1) is 14.1 Å². The Bertz CT molecular complexity index is 928. The quantitative estimate of drug-likeness (QED) is 0.700. The van der Waals surface area contributed by atoms with E-state index in [1.54, 1.807) is 25.9 Å². The standard InChI is InChI=1S/C22H28N3O2S/c1-13(2)9-16-11-23-20-18(21(26)25(6)22(27)24(20)5)19(16)28-12-17-10-14(3)7-8-15(17)4/h7-8,10-11,13,18H,9,12H2,1-6H3/q+1. The van der Waals surface area contributed by atoms with Crippen LogP contribution in [-0.4, -0.2) is 47.6 Å². The molecule has 0 fully saturated rings. The number of allylic oxidation sites excluding steroid dienone is 1. The van der Waals surface area contributed by atoms with Gasteiger partial charge < -0.3 is 0 Å². The third-order valence-corrected chi connectivity index (χ3v) is 6.46. The van der Waals surface area contributed by atoms with Crippen LogP contribution in [0.15, 0.2) is 33.7 Å². The van der Waals surface area contributed by atoms with Crippen LogP contribution < -0.4 is 0 Å². The predicted molar refractivity (Wildman–Crippen MR) is 115 cm³/mol. The summed E-state index contributed by atoms with van der Waals surface area (Å²) in [4.78, 5) is 32.1. The molecule has 0 aromatic heterocycles. The number of amides is 3. The Balaban J connectivity index is 2.02. The van der Waals surface area contributed by atoms with Crippen LogP contribution in [0.25, 0.3) is 0 Å². The largest absolute Gasteiger partial charge is 0.445 e. The zero-order valence-electron chi connectivity index (χ0n) is 17.4. The minimum atomic E-state index is -0.499. The van der Waals surface area contributed by atoms with Crippen molar-refractivity contribution in [3.8, 4) is 0 Å². The molecular weight excluding hydrogens is 370 g/mol. The first-order valence-electron chi connectivity index (χ1n) is 9.58. The van der Waals surface area contributed by atoms with Crippen molar-refractivity contribution in [3.05, 3.63) is 45.4 Å². The lowest BCUT2D eigenvalue weighted by Crippen LogP contribution is -2.52. The van der Waals surface area contributed by atoms with Crippen molar-refractivity contribution >= 4 is 35.8 Å². The summed E-state index contributed by atoms with van der Waals surface area (Å²) >= 11 is 1.70. The summed E-state index contributed by atoms with van der Waals surface area (Å²) in [5.41, 5.74) is 4.85. The topological polar surface area (TPSA) is 52.8 Å². The van der Waals surface area contributed by atoms with Gasteiger partial charge in [-0.15, -0.1) is 16.8 Å². The Morgan fingerprint density at radius 3 is 2.64 bits per heavy atom. The minimum absolute atomic E-state index is 0.195. The highest BCUT2D eigenvalue weighted by atomic mass is 32.2. The average molecular weight is 399 g/mol. The molecule has 2 aliphatic heterocycles. The molecule has 5 nitrogen and oxygen atoms in total. The molecule has 0 bridgehead atoms. The van der Waals surface area contributed by atoms with Crippen molar-refractivity contribution in [2.45, 2.75) is 39.9 Å². The van der Waals surface area contributed by atoms with Gasteiger partial charge in [-0.1, -0.05) is 37.6 Å². The fraction of sp³-hybridized carbons (Fsp3) is 0.455. The van der Waals surface area contributed by atoms with E-state index in [1.807, 2.05) is 6.21 Å². The summed E-state index contributed by atoms with van der Waals surface area (Å²) < 4.78 is 1.49. The van der Waals surface area contributed by atoms with Crippen molar-refractivity contribution in [2.75, 3.05) is 14.1 Å². The summed E-state index contributed by atoms with van der Waals surface area (Å²) in [6, 6.07) is 6.13. The fourth-order valence-electron chi connectivity index (χ4n) is 3.58. The Morgan fingerprint density at radius 1 is 1.25 bits per heavy atom. The van der Waals surface area contributed by atoms with E-state index in [2.05, 4.69) is 50.9 Å². The number of benzene rings is 1. The zero-order chi connectivity index (χ0) is 20.6. The first-order chi connectivity index (χ1) is 13.2. The van der Waals surface area contributed by atoms with E-state index < -0.39 is 5.92 Å². The average Bonchev–Trinajstić information content (AvgIpc) is 2.65. The normalized spacial score (nSPS) is 19.8. The molecule has 0 saturated carbocycles. The van der Waals surface area contributed by atoms with Gasteiger partial charge in [-0.3, -0.25) is 4.79 Å². The molecule has 1 aromatic rings. The maximum absolute atomic E-state index is 13.0. The van der Waals surface area contributed by atoms with Crippen molar-refractivity contribution < 1.29 is 14.2 Å². The van der Waals surface area contributed by atoms with Gasteiger partial charge in [0.1, 0.15) is 6.21 Å². The summed E-state index contributed by atoms with van der Waals surface area (Å²) in [6.07, 6.45) is 2.71. The van der Waals surface area contributed by atoms with E-state index in [1.165, 1.54) is 26.2 Å². The number of aryl methyl sites for hydroxylation is 2. The summed E-state index contributed by atoms with van der Waals surface area (Å²) in [6.45, 7) is 8.54. The molecule has 1 atom stereocenters. The van der Waals surface area contributed by atoms with Crippen LogP contribution in [0.3, 0.4) is 0 Å². The van der Waals surface area contributed by atoms with Crippen molar-refractivity contribution in [1.29, 1.82) is 0 Å². The number of rotatable bonds is 5. The number of hydrogen-bond donors (Lipinski definition) is 0. The smallest absolute Gasteiger partial charge is 0.255 e. The van der Waals surface area contributed by atoms with Crippen LogP contribution in [0.1, 0.15) is 37.0 Å². The second kappa shape index (κ2) is 8.03. The van der Waals surface area contributed by atoms with Crippen molar-refractivity contribution in [3.63, 3.8) is 0 Å². The molecule has 2 heterocycles. The van der Waals surface area contributed by atoms with E-state index >= 15 is 0 Å². The van der Waals surface area contributed by atoms with Crippen molar-refractivity contribution in [1.82, 2.24) is 4.90 Å². The SMILES string of the molecule is Cc1ccc(C)c(CSC2=C(CC(C)C)C=NC3=[N+](C)C(=O)N(C)C(=O)C23)c1. The van der Waals surface area contributed by atoms with Gasteiger partial charge in [0.25, 0.3) is 5.84 Å². The maximum Gasteiger partial charge on any atom is 0.445 e. The predicted octanol–water partition coefficient (Wildman–Crippen LogP) is 4.17. The Hall–Kier alpha value is -2.21. The van der Waals surface area contributed by atoms with E-state index in [0.29, 0.717) is 11.8 Å². The highest BCUT2D eigenvalue weighted by molar-refractivity contribution is 8.02. The number of thioether (sulfide) groups is 1. The van der Waals surface area contributed by atoms with Crippen LogP contribution in [0.5, 0.6) is 0 Å². The second-order valence-corrected chi connectivity index (χ2v) is 9.01. The number of carbonyl (C=O) groups is 2. The van der Waals surface area contributed by atoms with Gasteiger partial charge in [-0.05, 0) is 42.9 Å². The van der Waals surface area contributed by atoms with Gasteiger partial charge in [-0.2, -0.15) is 9.48 Å². The second-order valence-electron chi connectivity index (χ2n) is 7.99. The highest BCUT2D eigenvalue weighted by Gasteiger charge is 2.48. The molecule has 0 spiro atoms. The molecule has 0 aliphatic carbocycles. The van der Waals surface area contributed by atoms with Crippen LogP contribution in [-0.2, 0) is 10.5 Å². The molecule has 3 amide bonds. The van der Waals surface area contributed by atoms with Crippen LogP contribution in [0, 0.1) is 25.7 Å². The van der Waals surface area contributed by atoms with Gasteiger partial charge in [-0.25, -0.2) is 4.79 Å². The third-order valence-electron chi connectivity index (χ3n) is 5.20.